The second-order valence-electron chi connectivity index (χ2n) is 4.23. The highest BCUT2D eigenvalue weighted by Gasteiger charge is 2.17. The van der Waals surface area contributed by atoms with Crippen LogP contribution in [0.4, 0.5) is 0 Å². The predicted octanol–water partition coefficient (Wildman–Crippen LogP) is 1.06. The van der Waals surface area contributed by atoms with Crippen LogP contribution in [0, 0.1) is 0 Å². The third-order valence-corrected chi connectivity index (χ3v) is 2.62. The van der Waals surface area contributed by atoms with Crippen molar-refractivity contribution in [2.24, 2.45) is 5.73 Å². The summed E-state index contributed by atoms with van der Waals surface area (Å²) in [6.07, 6.45) is 0.421. The summed E-state index contributed by atoms with van der Waals surface area (Å²) in [6, 6.07) is 8.12. The fraction of sp³-hybridized carbons (Fsp3) is 0.385. The van der Waals surface area contributed by atoms with Crippen LogP contribution in [0.5, 0.6) is 0 Å². The van der Waals surface area contributed by atoms with Gasteiger partial charge in [-0.25, -0.2) is 0 Å². The molecule has 0 saturated heterocycles. The summed E-state index contributed by atoms with van der Waals surface area (Å²) < 4.78 is 0. The van der Waals surface area contributed by atoms with Gasteiger partial charge in [0.25, 0.3) is 0 Å². The summed E-state index contributed by atoms with van der Waals surface area (Å²) in [4.78, 5) is 22.2. The minimum absolute atomic E-state index is 0.0298. The Morgan fingerprint density at radius 1 is 1.33 bits per heavy atom. The van der Waals surface area contributed by atoms with Gasteiger partial charge >= 0.3 is 5.97 Å². The molecule has 0 aliphatic carbocycles. The van der Waals surface area contributed by atoms with Crippen LogP contribution in [0.2, 0.25) is 0 Å². The first kappa shape index (κ1) is 14.2. The Bertz CT molecular complexity index is 406. The maximum atomic E-state index is 11.8. The van der Waals surface area contributed by atoms with Crippen molar-refractivity contribution >= 4 is 11.9 Å². The number of nitrogens with one attached hydrogen (secondary N) is 1. The summed E-state index contributed by atoms with van der Waals surface area (Å²) >= 11 is 0. The molecule has 1 amide bonds. The molecule has 0 aromatic heterocycles. The van der Waals surface area contributed by atoms with E-state index in [0.29, 0.717) is 6.42 Å². The van der Waals surface area contributed by atoms with Gasteiger partial charge in [0.15, 0.2) is 0 Å². The number of aliphatic carboxylic acids is 1. The zero-order valence-corrected chi connectivity index (χ0v) is 10.3. The zero-order valence-electron chi connectivity index (χ0n) is 10.3. The van der Waals surface area contributed by atoms with E-state index in [1.54, 1.807) is 19.1 Å². The normalized spacial score (nSPS) is 13.7. The third kappa shape index (κ3) is 4.55. The van der Waals surface area contributed by atoms with Crippen LogP contribution in [0.1, 0.15) is 31.4 Å². The number of carboxylic acid groups (broad SMARTS) is 1. The van der Waals surface area contributed by atoms with Crippen LogP contribution in [-0.4, -0.2) is 23.0 Å². The summed E-state index contributed by atoms with van der Waals surface area (Å²) in [7, 11) is 0. The molecule has 1 aromatic rings. The van der Waals surface area contributed by atoms with Gasteiger partial charge in [-0.3, -0.25) is 9.59 Å². The first-order valence-corrected chi connectivity index (χ1v) is 5.83. The van der Waals surface area contributed by atoms with E-state index >= 15 is 0 Å². The van der Waals surface area contributed by atoms with Crippen molar-refractivity contribution in [3.05, 3.63) is 35.9 Å². The standard InChI is InChI=1S/C13H18N2O3/c1-9(7-8-11(16)17)15-13(18)12(14)10-5-3-2-4-6-10/h2-6,9,12H,7-8,14H2,1H3,(H,15,18)(H,16,17). The zero-order chi connectivity index (χ0) is 13.5. The Morgan fingerprint density at radius 2 is 1.94 bits per heavy atom. The summed E-state index contributed by atoms with van der Waals surface area (Å²) in [5, 5.41) is 11.3. The van der Waals surface area contributed by atoms with Gasteiger partial charge in [0.2, 0.25) is 5.91 Å². The van der Waals surface area contributed by atoms with Crippen molar-refractivity contribution in [1.82, 2.24) is 5.32 Å². The molecule has 18 heavy (non-hydrogen) atoms. The van der Waals surface area contributed by atoms with Crippen LogP contribution in [-0.2, 0) is 9.59 Å². The molecule has 0 aliphatic rings. The monoisotopic (exact) mass is 250 g/mol. The molecular formula is C13H18N2O3. The lowest BCUT2D eigenvalue weighted by atomic mass is 10.1. The summed E-state index contributed by atoms with van der Waals surface area (Å²) in [6.45, 7) is 1.76. The highest BCUT2D eigenvalue weighted by Crippen LogP contribution is 2.10. The van der Waals surface area contributed by atoms with Crippen LogP contribution in [0.15, 0.2) is 30.3 Å². The molecule has 1 aromatic carbocycles. The number of hydrogen-bond donors (Lipinski definition) is 3. The van der Waals surface area contributed by atoms with E-state index < -0.39 is 12.0 Å². The SMILES string of the molecule is CC(CCC(=O)O)NC(=O)C(N)c1ccccc1. The van der Waals surface area contributed by atoms with E-state index in [2.05, 4.69) is 5.32 Å². The minimum atomic E-state index is -0.872. The predicted molar refractivity (Wildman–Crippen MR) is 67.8 cm³/mol. The van der Waals surface area contributed by atoms with Crippen molar-refractivity contribution < 1.29 is 14.7 Å². The number of carbonyl (C=O) groups is 2. The first-order chi connectivity index (χ1) is 8.50. The molecular weight excluding hydrogens is 232 g/mol. The second-order valence-corrected chi connectivity index (χ2v) is 4.23. The Morgan fingerprint density at radius 3 is 2.50 bits per heavy atom. The molecule has 0 fully saturated rings. The van der Waals surface area contributed by atoms with Crippen molar-refractivity contribution in [2.75, 3.05) is 0 Å². The van der Waals surface area contributed by atoms with Crippen LogP contribution >= 0.6 is 0 Å². The third-order valence-electron chi connectivity index (χ3n) is 2.62. The van der Waals surface area contributed by atoms with E-state index in [1.165, 1.54) is 0 Å². The summed E-state index contributed by atoms with van der Waals surface area (Å²) in [5.74, 6) is -1.16. The van der Waals surface area contributed by atoms with Gasteiger partial charge in [-0.2, -0.15) is 0 Å². The lowest BCUT2D eigenvalue weighted by Gasteiger charge is -2.17. The van der Waals surface area contributed by atoms with Crippen LogP contribution < -0.4 is 11.1 Å². The average Bonchev–Trinajstić information content (AvgIpc) is 2.36. The quantitative estimate of drug-likeness (QED) is 0.703. The Hall–Kier alpha value is -1.88. The van der Waals surface area contributed by atoms with Crippen LogP contribution in [0.25, 0.3) is 0 Å². The van der Waals surface area contributed by atoms with Crippen molar-refractivity contribution in [3.8, 4) is 0 Å². The van der Waals surface area contributed by atoms with Gasteiger partial charge in [0, 0.05) is 12.5 Å². The number of nitrogens with two attached hydrogens (primary N) is 1. The van der Waals surface area contributed by atoms with Crippen LogP contribution in [0.3, 0.4) is 0 Å². The van der Waals surface area contributed by atoms with Gasteiger partial charge in [-0.05, 0) is 18.9 Å². The Kier molecular flexibility index (Phi) is 5.32. The molecule has 4 N–H and O–H groups in total. The fourth-order valence-electron chi connectivity index (χ4n) is 1.56. The summed E-state index contributed by atoms with van der Waals surface area (Å²) in [5.41, 5.74) is 6.55. The van der Waals surface area contributed by atoms with E-state index in [1.807, 2.05) is 18.2 Å². The molecule has 1 rings (SSSR count). The van der Waals surface area contributed by atoms with Gasteiger partial charge in [0.05, 0.1) is 0 Å². The first-order valence-electron chi connectivity index (χ1n) is 5.83. The molecule has 0 bridgehead atoms. The van der Waals surface area contributed by atoms with Crippen molar-refractivity contribution in [2.45, 2.75) is 31.8 Å². The molecule has 2 unspecified atom stereocenters. The largest absolute Gasteiger partial charge is 0.481 e. The number of rotatable bonds is 6. The van der Waals surface area contributed by atoms with Gasteiger partial charge < -0.3 is 16.2 Å². The number of benzene rings is 1. The molecule has 98 valence electrons. The maximum Gasteiger partial charge on any atom is 0.303 e. The maximum absolute atomic E-state index is 11.8. The Labute approximate surface area is 106 Å². The molecule has 0 radical (unpaired) electrons. The molecule has 0 spiro atoms. The van der Waals surface area contributed by atoms with Gasteiger partial charge in [-0.15, -0.1) is 0 Å². The number of hydrogen-bond acceptors (Lipinski definition) is 3. The molecule has 5 nitrogen and oxygen atoms in total. The molecule has 2 atom stereocenters. The fourth-order valence-corrected chi connectivity index (χ4v) is 1.56. The van der Waals surface area contributed by atoms with E-state index in [9.17, 15) is 9.59 Å². The number of carbonyl (C=O) groups excluding carboxylic acids is 1. The Balaban J connectivity index is 2.47. The lowest BCUT2D eigenvalue weighted by molar-refractivity contribution is -0.137. The van der Waals surface area contributed by atoms with E-state index in [0.717, 1.165) is 5.56 Å². The lowest BCUT2D eigenvalue weighted by Crippen LogP contribution is -2.39. The number of amides is 1. The van der Waals surface area contributed by atoms with Gasteiger partial charge in [0.1, 0.15) is 6.04 Å². The highest BCUT2D eigenvalue weighted by molar-refractivity contribution is 5.83. The van der Waals surface area contributed by atoms with Gasteiger partial charge in [-0.1, -0.05) is 30.3 Å². The molecule has 0 heterocycles. The van der Waals surface area contributed by atoms with E-state index in [-0.39, 0.29) is 18.4 Å². The molecule has 5 heteroatoms. The average molecular weight is 250 g/mol. The minimum Gasteiger partial charge on any atom is -0.481 e. The molecule has 0 aliphatic heterocycles. The highest BCUT2D eigenvalue weighted by atomic mass is 16.4. The topological polar surface area (TPSA) is 92.4 Å². The second kappa shape index (κ2) is 6.76. The van der Waals surface area contributed by atoms with E-state index in [4.69, 9.17) is 10.8 Å². The smallest absolute Gasteiger partial charge is 0.303 e. The number of carboxylic acids is 1. The molecule has 0 saturated carbocycles. The van der Waals surface area contributed by atoms with Crippen molar-refractivity contribution in [1.29, 1.82) is 0 Å². The van der Waals surface area contributed by atoms with Crippen molar-refractivity contribution in [3.63, 3.8) is 0 Å².